The van der Waals surface area contributed by atoms with Gasteiger partial charge in [-0.3, -0.25) is 9.59 Å². The molecule has 3 aliphatic heterocycles. The zero-order valence-electron chi connectivity index (χ0n) is 16.3. The normalized spacial score (nSPS) is 30.4. The molecule has 0 radical (unpaired) electrons. The van der Waals surface area contributed by atoms with Gasteiger partial charge in [-0.15, -0.1) is 0 Å². The van der Waals surface area contributed by atoms with Crippen LogP contribution in [0.15, 0.2) is 29.2 Å². The Morgan fingerprint density at radius 3 is 2.21 bits per heavy atom. The van der Waals surface area contributed by atoms with Crippen LogP contribution in [-0.2, 0) is 24.3 Å². The molecule has 2 N–H and O–H groups in total. The lowest BCUT2D eigenvalue weighted by atomic mass is 9.78. The predicted molar refractivity (Wildman–Crippen MR) is 105 cm³/mol. The first-order chi connectivity index (χ1) is 13.8. The van der Waals surface area contributed by atoms with E-state index in [2.05, 4.69) is 12.2 Å². The minimum atomic E-state index is -3.55. The number of fused-ring (bicyclic) bond motifs is 2. The molecule has 158 valence electrons. The highest BCUT2D eigenvalue weighted by Gasteiger charge is 2.55. The van der Waals surface area contributed by atoms with Gasteiger partial charge in [0, 0.05) is 18.8 Å². The first kappa shape index (κ1) is 20.3. The summed E-state index contributed by atoms with van der Waals surface area (Å²) in [7, 11) is -3.55. The third kappa shape index (κ3) is 3.78. The number of hydrogen-bond acceptors (Lipinski definition) is 5. The molecule has 1 amide bonds. The number of benzene rings is 1. The Morgan fingerprint density at radius 2 is 1.62 bits per heavy atom. The molecule has 3 saturated heterocycles. The Bertz CT molecular complexity index is 892. The van der Waals surface area contributed by atoms with E-state index in [-0.39, 0.29) is 11.0 Å². The SMILES string of the molecule is CC1CCN(S(=O)(=O)c2ccc(NC(=O)[C@H]3[C@@H](C(=O)O)[C@@H]4CC[C@H]3O4)cc2)CC1. The third-order valence-electron chi connectivity index (χ3n) is 6.36. The summed E-state index contributed by atoms with van der Waals surface area (Å²) >= 11 is 0. The molecule has 9 heteroatoms. The fourth-order valence-corrected chi connectivity index (χ4v) is 6.10. The lowest BCUT2D eigenvalue weighted by Gasteiger charge is -2.29. The fraction of sp³-hybridized carbons (Fsp3) is 0.600. The van der Waals surface area contributed by atoms with Gasteiger partial charge >= 0.3 is 5.97 Å². The molecule has 1 aromatic rings. The van der Waals surface area contributed by atoms with Gasteiger partial charge in [-0.25, -0.2) is 8.42 Å². The molecule has 4 atom stereocenters. The zero-order valence-corrected chi connectivity index (χ0v) is 17.1. The van der Waals surface area contributed by atoms with Crippen molar-refractivity contribution in [1.82, 2.24) is 4.31 Å². The van der Waals surface area contributed by atoms with E-state index in [1.165, 1.54) is 16.4 Å². The summed E-state index contributed by atoms with van der Waals surface area (Å²) in [5, 5.41) is 12.2. The number of ether oxygens (including phenoxy) is 1. The number of nitrogens with zero attached hydrogens (tertiary/aromatic N) is 1. The lowest BCUT2D eigenvalue weighted by Crippen LogP contribution is -2.41. The van der Waals surface area contributed by atoms with Crippen molar-refractivity contribution in [2.75, 3.05) is 18.4 Å². The number of piperidine rings is 1. The monoisotopic (exact) mass is 422 g/mol. The molecular formula is C20H26N2O6S. The summed E-state index contributed by atoms with van der Waals surface area (Å²) in [5.74, 6) is -2.46. The molecule has 1 aromatic carbocycles. The van der Waals surface area contributed by atoms with Gasteiger partial charge in [-0.1, -0.05) is 6.92 Å². The Balaban J connectivity index is 1.44. The van der Waals surface area contributed by atoms with Gasteiger partial charge in [0.15, 0.2) is 0 Å². The van der Waals surface area contributed by atoms with Crippen molar-refractivity contribution >= 4 is 27.6 Å². The van der Waals surface area contributed by atoms with E-state index < -0.39 is 39.8 Å². The molecule has 3 aliphatic rings. The largest absolute Gasteiger partial charge is 0.481 e. The van der Waals surface area contributed by atoms with Gasteiger partial charge in [0.1, 0.15) is 0 Å². The van der Waals surface area contributed by atoms with Gasteiger partial charge in [0.05, 0.1) is 28.9 Å². The lowest BCUT2D eigenvalue weighted by molar-refractivity contribution is -0.147. The molecule has 0 aliphatic carbocycles. The number of rotatable bonds is 5. The number of hydrogen-bond donors (Lipinski definition) is 2. The van der Waals surface area contributed by atoms with Crippen LogP contribution in [0.1, 0.15) is 32.6 Å². The number of amides is 1. The summed E-state index contributed by atoms with van der Waals surface area (Å²) in [6.07, 6.45) is 2.26. The van der Waals surface area contributed by atoms with Crippen molar-refractivity contribution in [2.24, 2.45) is 17.8 Å². The Morgan fingerprint density at radius 1 is 1.03 bits per heavy atom. The van der Waals surface area contributed by atoms with E-state index in [1.807, 2.05) is 0 Å². The van der Waals surface area contributed by atoms with Crippen molar-refractivity contribution in [3.05, 3.63) is 24.3 Å². The first-order valence-corrected chi connectivity index (χ1v) is 11.5. The Labute approximate surface area is 170 Å². The molecule has 0 saturated carbocycles. The number of carboxylic acids is 1. The van der Waals surface area contributed by atoms with Crippen molar-refractivity contribution in [1.29, 1.82) is 0 Å². The van der Waals surface area contributed by atoms with Crippen LogP contribution in [0.5, 0.6) is 0 Å². The second-order valence-corrected chi connectivity index (χ2v) is 10.2. The standard InChI is InChI=1S/C20H26N2O6S/c1-12-8-10-22(11-9-12)29(26,27)14-4-2-13(3-5-14)21-19(23)17-15-6-7-16(28-15)18(17)20(24)25/h2-5,12,15-18H,6-11H2,1H3,(H,21,23)(H,24,25)/t15-,16+,17-,18+/m1/s1. The van der Waals surface area contributed by atoms with Crippen LogP contribution in [0.3, 0.4) is 0 Å². The highest BCUT2D eigenvalue weighted by Crippen LogP contribution is 2.44. The van der Waals surface area contributed by atoms with Crippen molar-refractivity contribution in [3.63, 3.8) is 0 Å². The molecule has 2 bridgehead atoms. The summed E-state index contributed by atoms with van der Waals surface area (Å²) in [6.45, 7) is 3.16. The van der Waals surface area contributed by atoms with Gasteiger partial charge in [-0.05, 0) is 55.9 Å². The van der Waals surface area contributed by atoms with Crippen LogP contribution in [-0.4, -0.2) is 55.0 Å². The fourth-order valence-electron chi connectivity index (χ4n) is 4.63. The second-order valence-electron chi connectivity index (χ2n) is 8.28. The van der Waals surface area contributed by atoms with Crippen molar-refractivity contribution in [2.45, 2.75) is 49.7 Å². The third-order valence-corrected chi connectivity index (χ3v) is 8.28. The minimum Gasteiger partial charge on any atom is -0.481 e. The number of sulfonamides is 1. The van der Waals surface area contributed by atoms with Crippen LogP contribution in [0.2, 0.25) is 0 Å². The molecule has 3 fully saturated rings. The molecular weight excluding hydrogens is 396 g/mol. The van der Waals surface area contributed by atoms with Crippen LogP contribution < -0.4 is 5.32 Å². The van der Waals surface area contributed by atoms with Crippen LogP contribution in [0.25, 0.3) is 0 Å². The quantitative estimate of drug-likeness (QED) is 0.750. The Hall–Kier alpha value is -1.97. The average Bonchev–Trinajstić information content (AvgIpc) is 3.30. The number of anilines is 1. The van der Waals surface area contributed by atoms with Gasteiger partial charge in [0.25, 0.3) is 0 Å². The van der Waals surface area contributed by atoms with Crippen LogP contribution in [0.4, 0.5) is 5.69 Å². The highest BCUT2D eigenvalue weighted by atomic mass is 32.2. The number of carboxylic acid groups (broad SMARTS) is 1. The molecule has 3 heterocycles. The number of nitrogens with one attached hydrogen (secondary N) is 1. The molecule has 0 unspecified atom stereocenters. The molecule has 4 rings (SSSR count). The Kier molecular flexibility index (Phi) is 5.39. The van der Waals surface area contributed by atoms with Crippen molar-refractivity contribution in [3.8, 4) is 0 Å². The van der Waals surface area contributed by atoms with Gasteiger partial charge < -0.3 is 15.2 Å². The summed E-state index contributed by atoms with van der Waals surface area (Å²) in [4.78, 5) is 24.4. The predicted octanol–water partition coefficient (Wildman–Crippen LogP) is 1.92. The van der Waals surface area contributed by atoms with E-state index in [0.29, 0.717) is 37.5 Å². The number of carbonyl (C=O) groups is 2. The van der Waals surface area contributed by atoms with E-state index in [4.69, 9.17) is 4.74 Å². The minimum absolute atomic E-state index is 0.191. The van der Waals surface area contributed by atoms with E-state index in [1.54, 1.807) is 12.1 Å². The molecule has 0 aromatic heterocycles. The van der Waals surface area contributed by atoms with Gasteiger partial charge in [0.2, 0.25) is 15.9 Å². The second kappa shape index (κ2) is 7.70. The van der Waals surface area contributed by atoms with E-state index >= 15 is 0 Å². The zero-order chi connectivity index (χ0) is 20.8. The van der Waals surface area contributed by atoms with E-state index in [0.717, 1.165) is 12.8 Å². The summed E-state index contributed by atoms with van der Waals surface area (Å²) < 4.78 is 32.7. The first-order valence-electron chi connectivity index (χ1n) is 10.1. The number of carbonyl (C=O) groups excluding carboxylic acids is 1. The summed E-state index contributed by atoms with van der Waals surface area (Å²) in [6, 6.07) is 6.05. The molecule has 8 nitrogen and oxygen atoms in total. The smallest absolute Gasteiger partial charge is 0.310 e. The average molecular weight is 423 g/mol. The maximum absolute atomic E-state index is 12.8. The van der Waals surface area contributed by atoms with Crippen molar-refractivity contribution < 1.29 is 27.9 Å². The van der Waals surface area contributed by atoms with Crippen LogP contribution >= 0.6 is 0 Å². The topological polar surface area (TPSA) is 113 Å². The molecule has 0 spiro atoms. The molecule has 29 heavy (non-hydrogen) atoms. The van der Waals surface area contributed by atoms with E-state index in [9.17, 15) is 23.1 Å². The maximum atomic E-state index is 12.8. The highest BCUT2D eigenvalue weighted by molar-refractivity contribution is 7.89. The van der Waals surface area contributed by atoms with Crippen LogP contribution in [0, 0.1) is 17.8 Å². The maximum Gasteiger partial charge on any atom is 0.310 e. The van der Waals surface area contributed by atoms with Gasteiger partial charge in [-0.2, -0.15) is 4.31 Å². The number of aliphatic carboxylic acids is 1. The summed E-state index contributed by atoms with van der Waals surface area (Å²) in [5.41, 5.74) is 0.438.